The zero-order chi connectivity index (χ0) is 13.0. The molecule has 100 valence electrons. The van der Waals surface area contributed by atoms with Gasteiger partial charge in [0.2, 0.25) is 5.95 Å². The van der Waals surface area contributed by atoms with Crippen LogP contribution in [0.3, 0.4) is 0 Å². The van der Waals surface area contributed by atoms with Crippen molar-refractivity contribution in [1.82, 2.24) is 20.3 Å². The number of hydrogen-bond acceptors (Lipinski definition) is 7. The Bertz CT molecular complexity index is 379. The van der Waals surface area contributed by atoms with Crippen molar-refractivity contribution in [3.8, 4) is 12.0 Å². The molecule has 1 aromatic rings. The monoisotopic (exact) mass is 253 g/mol. The van der Waals surface area contributed by atoms with Gasteiger partial charge in [0.25, 0.3) is 0 Å². The molecule has 7 heteroatoms. The number of nitrogens with one attached hydrogen (secondary N) is 1. The predicted octanol–water partition coefficient (Wildman–Crippen LogP) is 0.0770. The number of methoxy groups -OCH3 is 2. The van der Waals surface area contributed by atoms with Crippen molar-refractivity contribution >= 4 is 5.95 Å². The Morgan fingerprint density at radius 3 is 2.44 bits per heavy atom. The summed E-state index contributed by atoms with van der Waals surface area (Å²) in [5.74, 6) is 0.622. The summed E-state index contributed by atoms with van der Waals surface area (Å²) in [7, 11) is 5.02. The van der Waals surface area contributed by atoms with Crippen LogP contribution in [-0.4, -0.2) is 55.4 Å². The summed E-state index contributed by atoms with van der Waals surface area (Å²) in [5, 5.41) is 3.19. The highest BCUT2D eigenvalue weighted by atomic mass is 16.5. The highest BCUT2D eigenvalue weighted by Gasteiger charge is 2.27. The highest BCUT2D eigenvalue weighted by Crippen LogP contribution is 2.24. The minimum Gasteiger partial charge on any atom is -0.467 e. The first-order valence-corrected chi connectivity index (χ1v) is 6.03. The molecule has 0 amide bonds. The van der Waals surface area contributed by atoms with Crippen LogP contribution < -0.4 is 19.7 Å². The fourth-order valence-corrected chi connectivity index (χ4v) is 2.19. The quantitative estimate of drug-likeness (QED) is 0.796. The maximum absolute atomic E-state index is 5.07. The van der Waals surface area contributed by atoms with Gasteiger partial charge in [-0.3, -0.25) is 0 Å². The number of aromatic nitrogens is 3. The number of anilines is 1. The fraction of sp³-hybridized carbons (Fsp3) is 0.727. The highest BCUT2D eigenvalue weighted by molar-refractivity contribution is 5.35. The third kappa shape index (κ3) is 2.61. The zero-order valence-electron chi connectivity index (χ0n) is 11.0. The van der Waals surface area contributed by atoms with Gasteiger partial charge in [-0.15, -0.1) is 4.98 Å². The zero-order valence-corrected chi connectivity index (χ0v) is 11.0. The van der Waals surface area contributed by atoms with E-state index >= 15 is 0 Å². The SMILES string of the molecule is CNCC1CCCN1c1nc(OC)nc(OC)n1. The molecule has 2 rings (SSSR count). The van der Waals surface area contributed by atoms with Gasteiger partial charge >= 0.3 is 12.0 Å². The van der Waals surface area contributed by atoms with Crippen LogP contribution in [0.1, 0.15) is 12.8 Å². The standard InChI is InChI=1S/C11H19N5O2/c1-12-7-8-5-4-6-16(8)9-13-10(17-2)15-11(14-9)18-3/h8,12H,4-7H2,1-3H3. The smallest absolute Gasteiger partial charge is 0.324 e. The second-order valence-electron chi connectivity index (χ2n) is 4.16. The van der Waals surface area contributed by atoms with Crippen LogP contribution in [0.4, 0.5) is 5.95 Å². The average Bonchev–Trinajstić information content (AvgIpc) is 2.87. The molecule has 7 nitrogen and oxygen atoms in total. The summed E-state index contributed by atoms with van der Waals surface area (Å²) >= 11 is 0. The van der Waals surface area contributed by atoms with Gasteiger partial charge in [0.1, 0.15) is 0 Å². The van der Waals surface area contributed by atoms with E-state index in [4.69, 9.17) is 9.47 Å². The Morgan fingerprint density at radius 1 is 1.22 bits per heavy atom. The van der Waals surface area contributed by atoms with Crippen molar-refractivity contribution < 1.29 is 9.47 Å². The lowest BCUT2D eigenvalue weighted by atomic mass is 10.2. The van der Waals surface area contributed by atoms with Gasteiger partial charge in [-0.05, 0) is 19.9 Å². The molecular formula is C11H19N5O2. The molecule has 1 N–H and O–H groups in total. The minimum absolute atomic E-state index is 0.284. The van der Waals surface area contributed by atoms with Crippen LogP contribution in [0.5, 0.6) is 12.0 Å². The van der Waals surface area contributed by atoms with Crippen molar-refractivity contribution in [2.45, 2.75) is 18.9 Å². The molecule has 0 saturated carbocycles. The number of likely N-dealkylation sites (N-methyl/N-ethyl adjacent to an activating group) is 1. The largest absolute Gasteiger partial charge is 0.467 e. The Morgan fingerprint density at radius 2 is 1.89 bits per heavy atom. The maximum atomic E-state index is 5.07. The van der Waals surface area contributed by atoms with Crippen molar-refractivity contribution in [2.75, 3.05) is 39.3 Å². The number of hydrogen-bond donors (Lipinski definition) is 1. The molecule has 1 aliphatic heterocycles. The number of nitrogens with zero attached hydrogens (tertiary/aromatic N) is 4. The molecule has 1 fully saturated rings. The summed E-state index contributed by atoms with van der Waals surface area (Å²) in [5.41, 5.74) is 0. The molecular weight excluding hydrogens is 234 g/mol. The summed E-state index contributed by atoms with van der Waals surface area (Å²) in [6, 6.07) is 0.978. The van der Waals surface area contributed by atoms with Crippen LogP contribution in [0, 0.1) is 0 Å². The van der Waals surface area contributed by atoms with Gasteiger partial charge in [-0.25, -0.2) is 0 Å². The minimum atomic E-state index is 0.284. The molecule has 1 atom stereocenters. The van der Waals surface area contributed by atoms with E-state index in [0.717, 1.165) is 25.9 Å². The van der Waals surface area contributed by atoms with Crippen molar-refractivity contribution in [3.05, 3.63) is 0 Å². The molecule has 0 bridgehead atoms. The van der Waals surface area contributed by atoms with E-state index in [0.29, 0.717) is 12.0 Å². The molecule has 0 spiro atoms. The molecule has 18 heavy (non-hydrogen) atoms. The van der Waals surface area contributed by atoms with Gasteiger partial charge in [0.05, 0.1) is 14.2 Å². The molecule has 1 aliphatic rings. The summed E-state index contributed by atoms with van der Waals surface area (Å²) in [6.07, 6.45) is 2.28. The molecule has 0 radical (unpaired) electrons. The summed E-state index contributed by atoms with van der Waals surface area (Å²) < 4.78 is 10.1. The van der Waals surface area contributed by atoms with E-state index in [2.05, 4.69) is 25.2 Å². The van der Waals surface area contributed by atoms with Gasteiger partial charge in [0, 0.05) is 19.1 Å². The molecule has 1 aromatic heterocycles. The first kappa shape index (κ1) is 12.8. The Labute approximate surface area is 107 Å². The third-order valence-electron chi connectivity index (χ3n) is 3.02. The van der Waals surface area contributed by atoms with Gasteiger partial charge in [0.15, 0.2) is 0 Å². The maximum Gasteiger partial charge on any atom is 0.324 e. The van der Waals surface area contributed by atoms with Crippen LogP contribution in [-0.2, 0) is 0 Å². The van der Waals surface area contributed by atoms with E-state index < -0.39 is 0 Å². The first-order chi connectivity index (χ1) is 8.78. The van der Waals surface area contributed by atoms with Crippen molar-refractivity contribution in [1.29, 1.82) is 0 Å². The topological polar surface area (TPSA) is 72.4 Å². The van der Waals surface area contributed by atoms with E-state index in [9.17, 15) is 0 Å². The molecule has 0 aliphatic carbocycles. The van der Waals surface area contributed by atoms with E-state index in [1.807, 2.05) is 7.05 Å². The van der Waals surface area contributed by atoms with Crippen molar-refractivity contribution in [3.63, 3.8) is 0 Å². The normalized spacial score (nSPS) is 19.1. The lowest BCUT2D eigenvalue weighted by molar-refractivity contribution is 0.339. The van der Waals surface area contributed by atoms with Crippen LogP contribution >= 0.6 is 0 Å². The van der Waals surface area contributed by atoms with Gasteiger partial charge in [-0.2, -0.15) is 9.97 Å². The van der Waals surface area contributed by atoms with Gasteiger partial charge in [-0.1, -0.05) is 0 Å². The number of ether oxygens (including phenoxy) is 2. The van der Waals surface area contributed by atoms with Crippen molar-refractivity contribution in [2.24, 2.45) is 0 Å². The van der Waals surface area contributed by atoms with Crippen LogP contribution in [0.2, 0.25) is 0 Å². The fourth-order valence-electron chi connectivity index (χ4n) is 2.19. The Balaban J connectivity index is 2.25. The molecule has 1 unspecified atom stereocenters. The lowest BCUT2D eigenvalue weighted by Crippen LogP contribution is -2.37. The molecule has 1 saturated heterocycles. The van der Waals surface area contributed by atoms with Crippen LogP contribution in [0.25, 0.3) is 0 Å². The summed E-state index contributed by atoms with van der Waals surface area (Å²) in [6.45, 7) is 1.86. The Hall–Kier alpha value is -1.63. The van der Waals surface area contributed by atoms with E-state index in [-0.39, 0.29) is 12.0 Å². The van der Waals surface area contributed by atoms with Gasteiger partial charge < -0.3 is 19.7 Å². The number of rotatable bonds is 5. The lowest BCUT2D eigenvalue weighted by Gasteiger charge is -2.24. The Kier molecular flexibility index (Phi) is 4.14. The second-order valence-corrected chi connectivity index (χ2v) is 4.16. The third-order valence-corrected chi connectivity index (χ3v) is 3.02. The first-order valence-electron chi connectivity index (χ1n) is 6.03. The summed E-state index contributed by atoms with van der Waals surface area (Å²) in [4.78, 5) is 14.7. The van der Waals surface area contributed by atoms with E-state index in [1.165, 1.54) is 14.2 Å². The van der Waals surface area contributed by atoms with E-state index in [1.54, 1.807) is 0 Å². The average molecular weight is 253 g/mol. The molecule has 2 heterocycles. The predicted molar refractivity (Wildman–Crippen MR) is 67.2 cm³/mol. The van der Waals surface area contributed by atoms with Crippen LogP contribution in [0.15, 0.2) is 0 Å². The second kappa shape index (κ2) is 5.81. The molecule has 0 aromatic carbocycles.